The van der Waals surface area contributed by atoms with E-state index in [-0.39, 0.29) is 23.4 Å². The molecular formula is C28H40O3. The first-order chi connectivity index (χ1) is 15.0. The summed E-state index contributed by atoms with van der Waals surface area (Å²) in [6.07, 6.45) is 14.6. The summed E-state index contributed by atoms with van der Waals surface area (Å²) in [4.78, 5) is 13.0. The van der Waals surface area contributed by atoms with E-state index < -0.39 is 0 Å². The molecule has 1 aromatic carbocycles. The highest BCUT2D eigenvalue weighted by Crippen LogP contribution is 2.61. The van der Waals surface area contributed by atoms with Crippen LogP contribution in [0.2, 0.25) is 0 Å². The standard InChI is InChI=1S/C28H40O3/c1-18(16-19-6-4-3-5-7-19)27(30)31-26-13-12-25-24-10-8-20-17-21(29)9-11-22(20)23(24)14-15-28(25,26)2/h9,11,17-19,23-26,29H,3-8,10,12-16H2,1-2H3/t18?,23-,24-,25+,26+,28+/m1/s1. The summed E-state index contributed by atoms with van der Waals surface area (Å²) in [6.45, 7) is 4.51. The summed E-state index contributed by atoms with van der Waals surface area (Å²) >= 11 is 0. The van der Waals surface area contributed by atoms with E-state index in [9.17, 15) is 9.90 Å². The molecule has 1 N–H and O–H groups in total. The molecule has 3 fully saturated rings. The van der Waals surface area contributed by atoms with Crippen molar-refractivity contribution in [1.29, 1.82) is 0 Å². The van der Waals surface area contributed by atoms with Crippen LogP contribution in [0.1, 0.15) is 102 Å². The lowest BCUT2D eigenvalue weighted by molar-refractivity contribution is -0.162. The Bertz CT molecular complexity index is 810. The number of rotatable bonds is 4. The largest absolute Gasteiger partial charge is 0.508 e. The van der Waals surface area contributed by atoms with Gasteiger partial charge in [0.1, 0.15) is 11.9 Å². The number of aryl methyl sites for hydroxylation is 1. The van der Waals surface area contributed by atoms with Gasteiger partial charge in [0.25, 0.3) is 0 Å². The molecule has 3 heteroatoms. The number of phenolic OH excluding ortho intramolecular Hbond substituents is 1. The normalized spacial score (nSPS) is 36.2. The van der Waals surface area contributed by atoms with Gasteiger partial charge in [0, 0.05) is 5.41 Å². The third kappa shape index (κ3) is 3.91. The Labute approximate surface area is 188 Å². The van der Waals surface area contributed by atoms with Crippen molar-refractivity contribution in [3.8, 4) is 5.75 Å². The van der Waals surface area contributed by atoms with Crippen LogP contribution in [0.5, 0.6) is 5.75 Å². The first kappa shape index (κ1) is 21.3. The molecule has 4 aliphatic rings. The molecule has 0 saturated heterocycles. The molecular weight excluding hydrogens is 384 g/mol. The van der Waals surface area contributed by atoms with E-state index in [0.29, 0.717) is 23.5 Å². The minimum Gasteiger partial charge on any atom is -0.508 e. The topological polar surface area (TPSA) is 46.5 Å². The van der Waals surface area contributed by atoms with E-state index in [1.807, 2.05) is 12.1 Å². The molecule has 6 atom stereocenters. The zero-order valence-corrected chi connectivity index (χ0v) is 19.4. The highest BCUT2D eigenvalue weighted by molar-refractivity contribution is 5.72. The molecule has 0 spiro atoms. The molecule has 170 valence electrons. The zero-order valence-electron chi connectivity index (χ0n) is 19.4. The van der Waals surface area contributed by atoms with E-state index in [2.05, 4.69) is 19.9 Å². The summed E-state index contributed by atoms with van der Waals surface area (Å²) in [5.74, 6) is 3.18. The number of carbonyl (C=O) groups is 1. The highest BCUT2D eigenvalue weighted by atomic mass is 16.5. The first-order valence-electron chi connectivity index (χ1n) is 13.0. The van der Waals surface area contributed by atoms with Gasteiger partial charge >= 0.3 is 5.97 Å². The molecule has 3 saturated carbocycles. The van der Waals surface area contributed by atoms with Gasteiger partial charge in [-0.3, -0.25) is 4.79 Å². The van der Waals surface area contributed by atoms with Gasteiger partial charge in [-0.05, 0) is 91.9 Å². The smallest absolute Gasteiger partial charge is 0.308 e. The lowest BCUT2D eigenvalue weighted by atomic mass is 9.55. The van der Waals surface area contributed by atoms with E-state index in [4.69, 9.17) is 4.74 Å². The number of carbonyl (C=O) groups excluding carboxylic acids is 1. The van der Waals surface area contributed by atoms with Crippen molar-refractivity contribution in [1.82, 2.24) is 0 Å². The maximum absolute atomic E-state index is 13.0. The molecule has 3 nitrogen and oxygen atoms in total. The predicted octanol–water partition coefficient (Wildman–Crippen LogP) is 6.77. The second-order valence-corrected chi connectivity index (χ2v) is 11.5. The molecule has 1 unspecified atom stereocenters. The van der Waals surface area contributed by atoms with Gasteiger partial charge in [0.2, 0.25) is 0 Å². The number of phenols is 1. The van der Waals surface area contributed by atoms with Gasteiger partial charge < -0.3 is 9.84 Å². The van der Waals surface area contributed by atoms with Gasteiger partial charge in [-0.25, -0.2) is 0 Å². The second kappa shape index (κ2) is 8.45. The average Bonchev–Trinajstić information content (AvgIpc) is 3.10. The number of fused-ring (bicyclic) bond motifs is 5. The fourth-order valence-electron chi connectivity index (χ4n) is 7.99. The van der Waals surface area contributed by atoms with Gasteiger partial charge in [-0.2, -0.15) is 0 Å². The molecule has 0 heterocycles. The quantitative estimate of drug-likeness (QED) is 0.543. The van der Waals surface area contributed by atoms with Crippen molar-refractivity contribution >= 4 is 5.97 Å². The second-order valence-electron chi connectivity index (χ2n) is 11.5. The van der Waals surface area contributed by atoms with Crippen molar-refractivity contribution in [2.75, 3.05) is 0 Å². The Balaban J connectivity index is 1.25. The Kier molecular flexibility index (Phi) is 5.81. The van der Waals surface area contributed by atoms with E-state index in [1.54, 1.807) is 0 Å². The van der Waals surface area contributed by atoms with Crippen LogP contribution in [-0.2, 0) is 16.0 Å². The number of hydrogen-bond donors (Lipinski definition) is 1. The molecule has 31 heavy (non-hydrogen) atoms. The van der Waals surface area contributed by atoms with Crippen molar-refractivity contribution in [2.45, 2.75) is 103 Å². The zero-order chi connectivity index (χ0) is 21.6. The Hall–Kier alpha value is -1.51. The summed E-state index contributed by atoms with van der Waals surface area (Å²) in [7, 11) is 0. The Morgan fingerprint density at radius 2 is 1.94 bits per heavy atom. The van der Waals surface area contributed by atoms with Crippen molar-refractivity contribution < 1.29 is 14.6 Å². The monoisotopic (exact) mass is 424 g/mol. The number of benzene rings is 1. The number of aromatic hydroxyl groups is 1. The van der Waals surface area contributed by atoms with Gasteiger partial charge in [-0.1, -0.05) is 52.0 Å². The number of hydrogen-bond acceptors (Lipinski definition) is 3. The van der Waals surface area contributed by atoms with E-state index >= 15 is 0 Å². The van der Waals surface area contributed by atoms with Crippen LogP contribution in [-0.4, -0.2) is 17.2 Å². The minimum atomic E-state index is 0.0383. The maximum atomic E-state index is 13.0. The SMILES string of the molecule is CC(CC1CCCCC1)C(=O)O[C@H]1CC[C@H]2[C@@H]3CCc4cc(O)ccc4[C@H]3CC[C@]12C. The molecule has 1 aromatic rings. The molecule has 0 radical (unpaired) electrons. The Morgan fingerprint density at radius 1 is 1.13 bits per heavy atom. The van der Waals surface area contributed by atoms with Crippen LogP contribution in [0.25, 0.3) is 0 Å². The van der Waals surface area contributed by atoms with Crippen molar-refractivity contribution in [3.05, 3.63) is 29.3 Å². The van der Waals surface area contributed by atoms with Crippen molar-refractivity contribution in [3.63, 3.8) is 0 Å². The summed E-state index contributed by atoms with van der Waals surface area (Å²) in [5, 5.41) is 9.89. The lowest BCUT2D eigenvalue weighted by Gasteiger charge is -2.50. The Morgan fingerprint density at radius 3 is 2.74 bits per heavy atom. The molecule has 0 amide bonds. The summed E-state index contributed by atoms with van der Waals surface area (Å²) < 4.78 is 6.28. The van der Waals surface area contributed by atoms with E-state index in [0.717, 1.165) is 31.6 Å². The van der Waals surface area contributed by atoms with Crippen LogP contribution >= 0.6 is 0 Å². The molecule has 4 aliphatic carbocycles. The number of ether oxygens (including phenoxy) is 1. The van der Waals surface area contributed by atoms with Crippen LogP contribution in [0.4, 0.5) is 0 Å². The molecule has 5 rings (SSSR count). The minimum absolute atomic E-state index is 0.0383. The highest BCUT2D eigenvalue weighted by Gasteiger charge is 2.56. The number of esters is 1. The van der Waals surface area contributed by atoms with Crippen molar-refractivity contribution in [2.24, 2.45) is 29.1 Å². The fraction of sp³-hybridized carbons (Fsp3) is 0.750. The van der Waals surface area contributed by atoms with Crippen LogP contribution < -0.4 is 0 Å². The average molecular weight is 425 g/mol. The molecule has 0 bridgehead atoms. The first-order valence-corrected chi connectivity index (χ1v) is 13.0. The van der Waals surface area contributed by atoms with Crippen LogP contribution in [0.15, 0.2) is 18.2 Å². The predicted molar refractivity (Wildman–Crippen MR) is 123 cm³/mol. The maximum Gasteiger partial charge on any atom is 0.308 e. The van der Waals surface area contributed by atoms with Crippen LogP contribution in [0.3, 0.4) is 0 Å². The van der Waals surface area contributed by atoms with Gasteiger partial charge in [0.15, 0.2) is 0 Å². The fourth-order valence-corrected chi connectivity index (χ4v) is 7.99. The van der Waals surface area contributed by atoms with Crippen LogP contribution in [0, 0.1) is 29.1 Å². The van der Waals surface area contributed by atoms with Gasteiger partial charge in [-0.15, -0.1) is 0 Å². The third-order valence-corrected chi connectivity index (χ3v) is 9.70. The summed E-state index contributed by atoms with van der Waals surface area (Å²) in [6, 6.07) is 6.01. The third-order valence-electron chi connectivity index (χ3n) is 9.70. The van der Waals surface area contributed by atoms with Gasteiger partial charge in [0.05, 0.1) is 5.92 Å². The summed E-state index contributed by atoms with van der Waals surface area (Å²) in [5.41, 5.74) is 2.95. The van der Waals surface area contributed by atoms with E-state index in [1.165, 1.54) is 62.5 Å². The molecule has 0 aromatic heterocycles. The lowest BCUT2D eigenvalue weighted by Crippen LogP contribution is -2.45. The molecule has 0 aliphatic heterocycles.